The van der Waals surface area contributed by atoms with Crippen LogP contribution in [0.25, 0.3) is 0 Å². The first kappa shape index (κ1) is 19.0. The molecule has 2 aliphatic rings. The molecule has 5 rings (SSSR count). The van der Waals surface area contributed by atoms with E-state index in [0.29, 0.717) is 12.2 Å². The van der Waals surface area contributed by atoms with Crippen LogP contribution in [0.5, 0.6) is 0 Å². The third-order valence-electron chi connectivity index (χ3n) is 5.90. The van der Waals surface area contributed by atoms with Crippen molar-refractivity contribution in [1.82, 2.24) is 29.2 Å². The van der Waals surface area contributed by atoms with Gasteiger partial charge in [-0.2, -0.15) is 5.10 Å². The van der Waals surface area contributed by atoms with Crippen LogP contribution in [0.3, 0.4) is 0 Å². The molecule has 1 amide bonds. The first-order valence-corrected chi connectivity index (χ1v) is 10.2. The third-order valence-corrected chi connectivity index (χ3v) is 5.90. The fraction of sp³-hybridized carbons (Fsp3) is 0.429. The number of pyridine rings is 1. The van der Waals surface area contributed by atoms with Crippen molar-refractivity contribution < 1.29 is 9.53 Å². The van der Waals surface area contributed by atoms with Crippen LogP contribution < -0.4 is 5.32 Å². The normalized spacial score (nSPS) is 20.8. The second-order valence-electron chi connectivity index (χ2n) is 8.03. The first-order valence-electron chi connectivity index (χ1n) is 10.2. The minimum absolute atomic E-state index is 0.153. The highest BCUT2D eigenvalue weighted by Crippen LogP contribution is 2.40. The number of hydrogen-bond donors (Lipinski definition) is 1. The van der Waals surface area contributed by atoms with E-state index in [1.165, 1.54) is 5.56 Å². The van der Waals surface area contributed by atoms with Gasteiger partial charge >= 0.3 is 0 Å². The number of fused-ring (bicyclic) bond motifs is 2. The summed E-state index contributed by atoms with van der Waals surface area (Å²) in [4.78, 5) is 24.0. The number of nitrogens with one attached hydrogen (secondary N) is 1. The predicted molar refractivity (Wildman–Crippen MR) is 109 cm³/mol. The molecule has 1 fully saturated rings. The fourth-order valence-corrected chi connectivity index (χ4v) is 4.42. The lowest BCUT2D eigenvalue weighted by Gasteiger charge is -2.45. The first-order chi connectivity index (χ1) is 14.6. The van der Waals surface area contributed by atoms with E-state index >= 15 is 0 Å². The lowest BCUT2D eigenvalue weighted by Crippen LogP contribution is -2.53. The number of carbonyl (C=O) groups is 1. The smallest absolute Gasteiger partial charge is 0.255 e. The second kappa shape index (κ2) is 7.66. The van der Waals surface area contributed by atoms with E-state index in [1.54, 1.807) is 24.7 Å². The third kappa shape index (κ3) is 3.61. The Labute approximate surface area is 174 Å². The molecule has 0 unspecified atom stereocenters. The average Bonchev–Trinajstić information content (AvgIpc) is 3.40. The van der Waals surface area contributed by atoms with E-state index in [0.717, 1.165) is 38.3 Å². The van der Waals surface area contributed by atoms with Gasteiger partial charge in [-0.1, -0.05) is 0 Å². The SMILES string of the molecule is Cn1cc(CN2CCC3(CC2)O[C@H](C(=O)Nc2cccnc2)Cn2ccnc23)cn1. The van der Waals surface area contributed by atoms with Crippen LogP contribution in [0.15, 0.2) is 49.3 Å². The molecule has 1 N–H and O–H groups in total. The van der Waals surface area contributed by atoms with E-state index < -0.39 is 11.7 Å². The van der Waals surface area contributed by atoms with Crippen LogP contribution in [-0.4, -0.2) is 54.3 Å². The lowest BCUT2D eigenvalue weighted by atomic mass is 9.88. The molecule has 0 bridgehead atoms. The zero-order valence-electron chi connectivity index (χ0n) is 16.9. The number of rotatable bonds is 4. The number of likely N-dealkylation sites (tertiary alicyclic amines) is 1. The van der Waals surface area contributed by atoms with Crippen molar-refractivity contribution >= 4 is 11.6 Å². The summed E-state index contributed by atoms with van der Waals surface area (Å²) in [5.74, 6) is 0.772. The van der Waals surface area contributed by atoms with Gasteiger partial charge in [0.05, 0.1) is 24.6 Å². The minimum atomic E-state index is -0.572. The van der Waals surface area contributed by atoms with Crippen LogP contribution in [0, 0.1) is 0 Å². The Morgan fingerprint density at radius 1 is 1.30 bits per heavy atom. The molecule has 5 heterocycles. The van der Waals surface area contributed by atoms with Gasteiger partial charge in [0.15, 0.2) is 6.10 Å². The molecule has 9 heteroatoms. The summed E-state index contributed by atoms with van der Waals surface area (Å²) in [5, 5.41) is 7.18. The summed E-state index contributed by atoms with van der Waals surface area (Å²) >= 11 is 0. The van der Waals surface area contributed by atoms with Crippen LogP contribution in [0.2, 0.25) is 0 Å². The maximum absolute atomic E-state index is 12.9. The Balaban J connectivity index is 1.30. The Hall–Kier alpha value is -3.04. The monoisotopic (exact) mass is 407 g/mol. The summed E-state index contributed by atoms with van der Waals surface area (Å²) in [7, 11) is 1.93. The predicted octanol–water partition coefficient (Wildman–Crippen LogP) is 1.54. The van der Waals surface area contributed by atoms with Crippen molar-refractivity contribution in [1.29, 1.82) is 0 Å². The number of anilines is 1. The van der Waals surface area contributed by atoms with Crippen LogP contribution in [0.1, 0.15) is 24.2 Å². The average molecular weight is 407 g/mol. The number of imidazole rings is 1. The largest absolute Gasteiger partial charge is 0.352 e. The van der Waals surface area contributed by atoms with Gasteiger partial charge in [-0.25, -0.2) is 4.98 Å². The Kier molecular flexibility index (Phi) is 4.84. The topological polar surface area (TPSA) is 90.1 Å². The molecule has 0 saturated carbocycles. The van der Waals surface area contributed by atoms with Crippen LogP contribution >= 0.6 is 0 Å². The summed E-state index contributed by atoms with van der Waals surface area (Å²) in [6, 6.07) is 3.62. The molecule has 0 radical (unpaired) electrons. The molecule has 1 spiro atoms. The van der Waals surface area contributed by atoms with Gasteiger partial charge in [-0.15, -0.1) is 0 Å². The Morgan fingerprint density at radius 2 is 2.17 bits per heavy atom. The van der Waals surface area contributed by atoms with Crippen molar-refractivity contribution in [3.8, 4) is 0 Å². The van der Waals surface area contributed by atoms with Crippen molar-refractivity contribution in [3.05, 3.63) is 60.7 Å². The van der Waals surface area contributed by atoms with E-state index in [1.807, 2.05) is 36.4 Å². The van der Waals surface area contributed by atoms with Crippen molar-refractivity contribution in [2.75, 3.05) is 18.4 Å². The molecule has 30 heavy (non-hydrogen) atoms. The molecular formula is C21H25N7O2. The van der Waals surface area contributed by atoms with Gasteiger partial charge < -0.3 is 14.6 Å². The fourth-order valence-electron chi connectivity index (χ4n) is 4.42. The van der Waals surface area contributed by atoms with Crippen molar-refractivity contribution in [2.24, 2.45) is 7.05 Å². The highest BCUT2D eigenvalue weighted by atomic mass is 16.5. The summed E-state index contributed by atoms with van der Waals surface area (Å²) in [6.45, 7) is 3.07. The Bertz CT molecular complexity index is 1020. The molecule has 0 aromatic carbocycles. The number of carbonyl (C=O) groups excluding carboxylic acids is 1. The van der Waals surface area contributed by atoms with Crippen molar-refractivity contribution in [2.45, 2.75) is 37.6 Å². The molecular weight excluding hydrogens is 382 g/mol. The number of hydrogen-bond acceptors (Lipinski definition) is 6. The number of nitrogens with zero attached hydrogens (tertiary/aromatic N) is 6. The van der Waals surface area contributed by atoms with Crippen LogP contribution in [-0.2, 0) is 35.3 Å². The summed E-state index contributed by atoms with van der Waals surface area (Å²) < 4.78 is 10.4. The number of piperidine rings is 1. The number of aromatic nitrogens is 5. The van der Waals surface area contributed by atoms with E-state index in [-0.39, 0.29) is 5.91 Å². The molecule has 0 aliphatic carbocycles. The zero-order valence-corrected chi connectivity index (χ0v) is 16.9. The maximum atomic E-state index is 12.9. The van der Waals surface area contributed by atoms with Crippen molar-refractivity contribution in [3.63, 3.8) is 0 Å². The number of ether oxygens (including phenoxy) is 1. The molecule has 3 aromatic heterocycles. The van der Waals surface area contributed by atoms with Gasteiger partial charge in [0.2, 0.25) is 0 Å². The molecule has 1 atom stereocenters. The highest BCUT2D eigenvalue weighted by molar-refractivity contribution is 5.94. The summed E-state index contributed by atoms with van der Waals surface area (Å²) in [5.41, 5.74) is 1.33. The van der Waals surface area contributed by atoms with Gasteiger partial charge in [-0.05, 0) is 25.0 Å². The van der Waals surface area contributed by atoms with E-state index in [2.05, 4.69) is 29.9 Å². The highest BCUT2D eigenvalue weighted by Gasteiger charge is 2.47. The molecule has 3 aromatic rings. The van der Waals surface area contributed by atoms with E-state index in [9.17, 15) is 4.79 Å². The molecule has 1 saturated heterocycles. The van der Waals surface area contributed by atoms with Gasteiger partial charge in [-0.3, -0.25) is 19.4 Å². The molecule has 2 aliphatic heterocycles. The van der Waals surface area contributed by atoms with Gasteiger partial charge in [0, 0.05) is 57.0 Å². The summed E-state index contributed by atoms with van der Waals surface area (Å²) in [6.07, 6.45) is 12.0. The second-order valence-corrected chi connectivity index (χ2v) is 8.03. The van der Waals surface area contributed by atoms with Crippen LogP contribution in [0.4, 0.5) is 5.69 Å². The molecule has 9 nitrogen and oxygen atoms in total. The zero-order chi connectivity index (χ0) is 20.6. The number of amides is 1. The van der Waals surface area contributed by atoms with E-state index in [4.69, 9.17) is 4.74 Å². The maximum Gasteiger partial charge on any atom is 0.255 e. The Morgan fingerprint density at radius 3 is 2.90 bits per heavy atom. The lowest BCUT2D eigenvalue weighted by molar-refractivity contribution is -0.170. The minimum Gasteiger partial charge on any atom is -0.352 e. The van der Waals surface area contributed by atoms with Gasteiger partial charge in [0.1, 0.15) is 11.4 Å². The molecule has 156 valence electrons. The number of aryl methyl sites for hydroxylation is 1. The van der Waals surface area contributed by atoms with Gasteiger partial charge in [0.25, 0.3) is 5.91 Å². The quantitative estimate of drug-likeness (QED) is 0.706. The standard InChI is InChI=1S/C21H25N7O2/c1-26-13-16(11-24-26)14-27-8-4-21(5-9-27)20-23-7-10-28(20)15-18(30-21)19(29)25-17-3-2-6-22-12-17/h2-3,6-7,10-13,18H,4-5,8-9,14-15H2,1H3,(H,25,29)/t18-/m0/s1.